The summed E-state index contributed by atoms with van der Waals surface area (Å²) in [6, 6.07) is 1.55. The number of methoxy groups -OCH3 is 1. The standard InChI is InChI=1S/C11H19N3O/c1-3-4-10(15-2)11(13)8-7-14-6-5-9(8)12/h5-7,10-11H,3-4,13H2,1-2H3,(H2,12,14). The van der Waals surface area contributed by atoms with Crippen molar-refractivity contribution in [2.24, 2.45) is 5.73 Å². The van der Waals surface area contributed by atoms with Gasteiger partial charge in [-0.25, -0.2) is 0 Å². The molecule has 0 radical (unpaired) electrons. The Labute approximate surface area is 90.6 Å². The smallest absolute Gasteiger partial charge is 0.0765 e. The summed E-state index contributed by atoms with van der Waals surface area (Å²) in [5.41, 5.74) is 13.5. The highest BCUT2D eigenvalue weighted by Crippen LogP contribution is 2.23. The Bertz CT molecular complexity index is 304. The number of ether oxygens (including phenoxy) is 1. The topological polar surface area (TPSA) is 74.2 Å². The Kier molecular flexibility index (Phi) is 4.52. The molecule has 15 heavy (non-hydrogen) atoms. The number of pyridine rings is 1. The van der Waals surface area contributed by atoms with Gasteiger partial charge in [0.1, 0.15) is 0 Å². The van der Waals surface area contributed by atoms with E-state index in [9.17, 15) is 0 Å². The number of nitrogen functional groups attached to an aromatic ring is 1. The highest BCUT2D eigenvalue weighted by Gasteiger charge is 2.20. The van der Waals surface area contributed by atoms with Gasteiger partial charge in [0, 0.05) is 30.8 Å². The predicted molar refractivity (Wildman–Crippen MR) is 61.3 cm³/mol. The van der Waals surface area contributed by atoms with Gasteiger partial charge in [-0.05, 0) is 12.5 Å². The number of hydrogen-bond donors (Lipinski definition) is 2. The van der Waals surface area contributed by atoms with Crippen molar-refractivity contribution in [2.45, 2.75) is 31.9 Å². The fraction of sp³-hybridized carbons (Fsp3) is 0.545. The average molecular weight is 209 g/mol. The minimum absolute atomic E-state index is 0.00139. The minimum atomic E-state index is -0.205. The zero-order valence-electron chi connectivity index (χ0n) is 9.31. The molecule has 4 N–H and O–H groups in total. The van der Waals surface area contributed by atoms with Crippen LogP contribution in [0.15, 0.2) is 18.5 Å². The first-order chi connectivity index (χ1) is 7.20. The molecular weight excluding hydrogens is 190 g/mol. The summed E-state index contributed by atoms with van der Waals surface area (Å²) in [6.45, 7) is 2.10. The van der Waals surface area contributed by atoms with Crippen molar-refractivity contribution in [3.63, 3.8) is 0 Å². The van der Waals surface area contributed by atoms with E-state index in [2.05, 4.69) is 11.9 Å². The lowest BCUT2D eigenvalue weighted by atomic mass is 9.99. The number of anilines is 1. The van der Waals surface area contributed by atoms with E-state index in [0.29, 0.717) is 5.69 Å². The first-order valence-electron chi connectivity index (χ1n) is 5.18. The molecule has 0 amide bonds. The van der Waals surface area contributed by atoms with Crippen LogP contribution in [0.25, 0.3) is 0 Å². The third-order valence-electron chi connectivity index (χ3n) is 2.52. The summed E-state index contributed by atoms with van der Waals surface area (Å²) in [5.74, 6) is 0. The molecule has 0 bridgehead atoms. The quantitative estimate of drug-likeness (QED) is 0.770. The van der Waals surface area contributed by atoms with Crippen molar-refractivity contribution >= 4 is 5.69 Å². The molecule has 0 spiro atoms. The molecule has 0 fully saturated rings. The lowest BCUT2D eigenvalue weighted by Gasteiger charge is -2.23. The van der Waals surface area contributed by atoms with Crippen molar-refractivity contribution < 1.29 is 4.74 Å². The largest absolute Gasteiger partial charge is 0.398 e. The van der Waals surface area contributed by atoms with Crippen molar-refractivity contribution in [1.29, 1.82) is 0 Å². The molecule has 2 unspecified atom stereocenters. The van der Waals surface area contributed by atoms with Crippen molar-refractivity contribution in [1.82, 2.24) is 4.98 Å². The lowest BCUT2D eigenvalue weighted by Crippen LogP contribution is -2.28. The third kappa shape index (κ3) is 2.91. The summed E-state index contributed by atoms with van der Waals surface area (Å²) in [4.78, 5) is 4.03. The van der Waals surface area contributed by atoms with Gasteiger partial charge in [0.15, 0.2) is 0 Å². The Morgan fingerprint density at radius 2 is 2.27 bits per heavy atom. The van der Waals surface area contributed by atoms with Crippen molar-refractivity contribution in [3.05, 3.63) is 24.0 Å². The minimum Gasteiger partial charge on any atom is -0.398 e. The van der Waals surface area contributed by atoms with E-state index in [1.54, 1.807) is 25.6 Å². The van der Waals surface area contributed by atoms with Gasteiger partial charge in [-0.15, -0.1) is 0 Å². The fourth-order valence-corrected chi connectivity index (χ4v) is 1.62. The van der Waals surface area contributed by atoms with Crippen LogP contribution in [0, 0.1) is 0 Å². The lowest BCUT2D eigenvalue weighted by molar-refractivity contribution is 0.0726. The molecule has 0 aromatic carbocycles. The Hall–Kier alpha value is -1.13. The molecule has 4 heteroatoms. The first kappa shape index (κ1) is 11.9. The van der Waals surface area contributed by atoms with Crippen LogP contribution in [0.3, 0.4) is 0 Å². The van der Waals surface area contributed by atoms with Gasteiger partial charge in [-0.2, -0.15) is 0 Å². The molecule has 0 saturated heterocycles. The molecule has 84 valence electrons. The van der Waals surface area contributed by atoms with E-state index in [4.69, 9.17) is 16.2 Å². The zero-order chi connectivity index (χ0) is 11.3. The van der Waals surface area contributed by atoms with Gasteiger partial charge in [0.2, 0.25) is 0 Å². The van der Waals surface area contributed by atoms with Gasteiger partial charge >= 0.3 is 0 Å². The molecule has 0 aliphatic carbocycles. The molecule has 0 aliphatic rings. The monoisotopic (exact) mass is 209 g/mol. The van der Waals surface area contributed by atoms with E-state index in [1.807, 2.05) is 0 Å². The summed E-state index contributed by atoms with van der Waals surface area (Å²) in [6.07, 6.45) is 5.33. The van der Waals surface area contributed by atoms with E-state index >= 15 is 0 Å². The summed E-state index contributed by atoms with van der Waals surface area (Å²) in [5, 5.41) is 0. The Morgan fingerprint density at radius 1 is 1.53 bits per heavy atom. The number of nitrogens with zero attached hydrogens (tertiary/aromatic N) is 1. The number of aromatic nitrogens is 1. The second-order valence-corrected chi connectivity index (χ2v) is 3.59. The van der Waals surface area contributed by atoms with Crippen LogP contribution in [0.5, 0.6) is 0 Å². The Morgan fingerprint density at radius 3 is 2.80 bits per heavy atom. The van der Waals surface area contributed by atoms with Gasteiger partial charge < -0.3 is 16.2 Å². The van der Waals surface area contributed by atoms with Gasteiger partial charge in [0.25, 0.3) is 0 Å². The second-order valence-electron chi connectivity index (χ2n) is 3.59. The average Bonchev–Trinajstić information content (AvgIpc) is 2.25. The van der Waals surface area contributed by atoms with Crippen molar-refractivity contribution in [2.75, 3.05) is 12.8 Å². The van der Waals surface area contributed by atoms with Gasteiger partial charge in [-0.3, -0.25) is 4.98 Å². The van der Waals surface area contributed by atoms with Crippen LogP contribution in [-0.2, 0) is 4.74 Å². The van der Waals surface area contributed by atoms with Crippen LogP contribution in [0.4, 0.5) is 5.69 Å². The SMILES string of the molecule is CCCC(OC)C(N)c1cnccc1N. The summed E-state index contributed by atoms with van der Waals surface area (Å²) < 4.78 is 5.35. The normalized spacial score (nSPS) is 14.9. The summed E-state index contributed by atoms with van der Waals surface area (Å²) in [7, 11) is 1.67. The molecule has 1 aromatic rings. The molecule has 1 rings (SSSR count). The zero-order valence-corrected chi connectivity index (χ0v) is 9.31. The highest BCUT2D eigenvalue weighted by atomic mass is 16.5. The van der Waals surface area contributed by atoms with Gasteiger partial charge in [-0.1, -0.05) is 13.3 Å². The van der Waals surface area contributed by atoms with Crippen LogP contribution in [0.1, 0.15) is 31.4 Å². The first-order valence-corrected chi connectivity index (χ1v) is 5.18. The number of nitrogens with two attached hydrogens (primary N) is 2. The molecule has 2 atom stereocenters. The number of rotatable bonds is 5. The molecule has 4 nitrogen and oxygen atoms in total. The Balaban J connectivity index is 2.82. The van der Waals surface area contributed by atoms with Gasteiger partial charge in [0.05, 0.1) is 12.1 Å². The molecule has 0 saturated carbocycles. The molecular formula is C11H19N3O. The molecule has 1 aromatic heterocycles. The van der Waals surface area contributed by atoms with Crippen LogP contribution in [0.2, 0.25) is 0 Å². The van der Waals surface area contributed by atoms with Crippen LogP contribution >= 0.6 is 0 Å². The fourth-order valence-electron chi connectivity index (χ4n) is 1.62. The molecule has 0 aliphatic heterocycles. The van der Waals surface area contributed by atoms with Crippen molar-refractivity contribution in [3.8, 4) is 0 Å². The predicted octanol–water partition coefficient (Wildman–Crippen LogP) is 1.48. The van der Waals surface area contributed by atoms with Crippen LogP contribution in [-0.4, -0.2) is 18.2 Å². The van der Waals surface area contributed by atoms with E-state index in [-0.39, 0.29) is 12.1 Å². The molecule has 1 heterocycles. The highest BCUT2D eigenvalue weighted by molar-refractivity contribution is 5.46. The van der Waals surface area contributed by atoms with E-state index in [1.165, 1.54) is 0 Å². The van der Waals surface area contributed by atoms with E-state index in [0.717, 1.165) is 18.4 Å². The van der Waals surface area contributed by atoms with Crippen LogP contribution < -0.4 is 11.5 Å². The summed E-state index contributed by atoms with van der Waals surface area (Å²) >= 11 is 0. The second kappa shape index (κ2) is 5.68. The maximum absolute atomic E-state index is 6.09. The number of hydrogen-bond acceptors (Lipinski definition) is 4. The maximum atomic E-state index is 6.09. The maximum Gasteiger partial charge on any atom is 0.0765 e. The van der Waals surface area contributed by atoms with E-state index < -0.39 is 0 Å². The third-order valence-corrected chi connectivity index (χ3v) is 2.52.